The van der Waals surface area contributed by atoms with Crippen molar-refractivity contribution >= 4 is 11.4 Å². The van der Waals surface area contributed by atoms with E-state index in [1.165, 1.54) is 0 Å². The van der Waals surface area contributed by atoms with E-state index in [-0.39, 0.29) is 12.8 Å². The molecule has 0 spiro atoms. The van der Waals surface area contributed by atoms with Gasteiger partial charge in [0.25, 0.3) is 0 Å². The van der Waals surface area contributed by atoms with Crippen molar-refractivity contribution in [3.8, 4) is 5.75 Å². The molecule has 0 aliphatic carbocycles. The van der Waals surface area contributed by atoms with Gasteiger partial charge < -0.3 is 15.4 Å². The predicted molar refractivity (Wildman–Crippen MR) is 77.6 cm³/mol. The highest BCUT2D eigenvalue weighted by atomic mass is 19.4. The number of hydrogen-bond acceptors (Lipinski definition) is 3. The summed E-state index contributed by atoms with van der Waals surface area (Å²) in [5, 5.41) is 0. The second-order valence-electron chi connectivity index (χ2n) is 5.34. The summed E-state index contributed by atoms with van der Waals surface area (Å²) < 4.78 is 43.6. The summed E-state index contributed by atoms with van der Waals surface area (Å²) in [4.78, 5) is 1.91. The highest BCUT2D eigenvalue weighted by Crippen LogP contribution is 2.38. The summed E-state index contributed by atoms with van der Waals surface area (Å²) in [5.74, 6) is -0.596. The fourth-order valence-corrected chi connectivity index (χ4v) is 2.59. The second-order valence-corrected chi connectivity index (χ2v) is 5.34. The zero-order valence-electron chi connectivity index (χ0n) is 12.1. The Morgan fingerprint density at radius 1 is 1.29 bits per heavy atom. The molecule has 1 aliphatic heterocycles. The molecule has 0 aromatic heterocycles. The monoisotopic (exact) mass is 302 g/mol. The molecule has 1 fully saturated rings. The maximum Gasteiger partial charge on any atom is 0.391 e. The molecule has 21 heavy (non-hydrogen) atoms. The van der Waals surface area contributed by atoms with Crippen molar-refractivity contribution in [3.05, 3.63) is 18.2 Å². The summed E-state index contributed by atoms with van der Waals surface area (Å²) >= 11 is 0. The first-order valence-electron chi connectivity index (χ1n) is 7.26. The molecule has 0 saturated carbocycles. The molecule has 0 unspecified atom stereocenters. The first-order chi connectivity index (χ1) is 9.93. The molecular formula is C15H21F3N2O. The van der Waals surface area contributed by atoms with Gasteiger partial charge in [-0.25, -0.2) is 0 Å². The number of hydrogen-bond donors (Lipinski definition) is 1. The smallest absolute Gasteiger partial charge is 0.391 e. The van der Waals surface area contributed by atoms with Gasteiger partial charge in [-0.3, -0.25) is 0 Å². The number of para-hydroxylation sites is 1. The number of anilines is 2. The molecule has 0 bridgehead atoms. The number of nitrogen functional groups attached to an aromatic ring is 1. The van der Waals surface area contributed by atoms with Crippen LogP contribution in [0.1, 0.15) is 26.2 Å². The third kappa shape index (κ3) is 3.74. The molecule has 2 N–H and O–H groups in total. The highest BCUT2D eigenvalue weighted by Gasteiger charge is 2.41. The minimum atomic E-state index is -4.09. The van der Waals surface area contributed by atoms with Gasteiger partial charge in [-0.15, -0.1) is 0 Å². The third-order valence-electron chi connectivity index (χ3n) is 3.80. The topological polar surface area (TPSA) is 38.5 Å². The van der Waals surface area contributed by atoms with E-state index in [0.29, 0.717) is 31.1 Å². The van der Waals surface area contributed by atoms with Crippen LogP contribution in [0.15, 0.2) is 18.2 Å². The van der Waals surface area contributed by atoms with Crippen molar-refractivity contribution in [2.75, 3.05) is 30.3 Å². The van der Waals surface area contributed by atoms with Crippen molar-refractivity contribution in [3.63, 3.8) is 0 Å². The average Bonchev–Trinajstić information content (AvgIpc) is 2.45. The zero-order chi connectivity index (χ0) is 15.5. The van der Waals surface area contributed by atoms with Crippen molar-refractivity contribution < 1.29 is 17.9 Å². The van der Waals surface area contributed by atoms with E-state index in [2.05, 4.69) is 0 Å². The lowest BCUT2D eigenvalue weighted by Gasteiger charge is -2.35. The maximum atomic E-state index is 12.7. The molecule has 118 valence electrons. The highest BCUT2D eigenvalue weighted by molar-refractivity contribution is 5.74. The van der Waals surface area contributed by atoms with E-state index in [9.17, 15) is 13.2 Å². The predicted octanol–water partition coefficient (Wildman–Crippen LogP) is 3.84. The number of ether oxygens (including phenoxy) is 1. The number of benzene rings is 1. The average molecular weight is 302 g/mol. The third-order valence-corrected chi connectivity index (χ3v) is 3.80. The van der Waals surface area contributed by atoms with Crippen LogP contribution >= 0.6 is 0 Å². The van der Waals surface area contributed by atoms with Crippen LogP contribution in [0.3, 0.4) is 0 Å². The molecule has 0 radical (unpaired) electrons. The maximum absolute atomic E-state index is 12.7. The molecular weight excluding hydrogens is 281 g/mol. The Labute approximate surface area is 122 Å². The Morgan fingerprint density at radius 3 is 2.52 bits per heavy atom. The second kappa shape index (κ2) is 6.45. The van der Waals surface area contributed by atoms with Crippen molar-refractivity contribution in [1.82, 2.24) is 0 Å². The van der Waals surface area contributed by atoms with Crippen molar-refractivity contribution in [1.29, 1.82) is 0 Å². The molecule has 1 aliphatic rings. The lowest BCUT2D eigenvalue weighted by molar-refractivity contribution is -0.179. The number of nitrogens with zero attached hydrogens (tertiary/aromatic N) is 1. The molecule has 1 heterocycles. The molecule has 3 nitrogen and oxygen atoms in total. The van der Waals surface area contributed by atoms with Crippen LogP contribution in [-0.4, -0.2) is 25.9 Å². The summed E-state index contributed by atoms with van der Waals surface area (Å²) in [5.41, 5.74) is 7.36. The van der Waals surface area contributed by atoms with Crippen LogP contribution in [0.5, 0.6) is 5.75 Å². The first-order valence-corrected chi connectivity index (χ1v) is 7.26. The zero-order valence-corrected chi connectivity index (χ0v) is 12.1. The van der Waals surface area contributed by atoms with E-state index in [0.717, 1.165) is 12.1 Å². The van der Waals surface area contributed by atoms with E-state index in [1.54, 1.807) is 6.07 Å². The SMILES string of the molecule is CCCOc1cccc(N2CCC(C(F)(F)F)CC2)c1N. The molecule has 1 aromatic carbocycles. The van der Waals surface area contributed by atoms with E-state index < -0.39 is 12.1 Å². The normalized spacial score (nSPS) is 17.0. The quantitative estimate of drug-likeness (QED) is 0.859. The van der Waals surface area contributed by atoms with Crippen molar-refractivity contribution in [2.45, 2.75) is 32.4 Å². The van der Waals surface area contributed by atoms with Crippen LogP contribution in [0.4, 0.5) is 24.5 Å². The lowest BCUT2D eigenvalue weighted by Crippen LogP contribution is -2.39. The van der Waals surface area contributed by atoms with Crippen molar-refractivity contribution in [2.24, 2.45) is 5.92 Å². The number of rotatable bonds is 4. The fraction of sp³-hybridized carbons (Fsp3) is 0.600. The molecule has 6 heteroatoms. The van der Waals surface area contributed by atoms with Crippen LogP contribution < -0.4 is 15.4 Å². The van der Waals surface area contributed by atoms with Crippen LogP contribution in [-0.2, 0) is 0 Å². The Bertz CT molecular complexity index is 468. The molecule has 1 saturated heterocycles. The van der Waals surface area contributed by atoms with Gasteiger partial charge in [0, 0.05) is 13.1 Å². The van der Waals surface area contributed by atoms with Gasteiger partial charge in [0.15, 0.2) is 0 Å². The van der Waals surface area contributed by atoms with Crippen LogP contribution in [0, 0.1) is 5.92 Å². The standard InChI is InChI=1S/C15H21F3N2O/c1-2-10-21-13-5-3-4-12(14(13)19)20-8-6-11(7-9-20)15(16,17)18/h3-5,11H,2,6-10,19H2,1H3. The van der Waals surface area contributed by atoms with Gasteiger partial charge in [0.1, 0.15) is 5.75 Å². The Balaban J connectivity index is 2.06. The van der Waals surface area contributed by atoms with Gasteiger partial charge in [-0.05, 0) is 31.4 Å². The van der Waals surface area contributed by atoms with Crippen LogP contribution in [0.25, 0.3) is 0 Å². The van der Waals surface area contributed by atoms with Gasteiger partial charge >= 0.3 is 6.18 Å². The summed E-state index contributed by atoms with van der Waals surface area (Å²) in [7, 11) is 0. The number of halogens is 3. The van der Waals surface area contributed by atoms with E-state index in [4.69, 9.17) is 10.5 Å². The molecule has 1 aromatic rings. The van der Waals surface area contributed by atoms with Gasteiger partial charge in [0.05, 0.1) is 23.9 Å². The largest absolute Gasteiger partial charge is 0.491 e. The molecule has 2 rings (SSSR count). The summed E-state index contributed by atoms with van der Waals surface area (Å²) in [6.45, 7) is 3.31. The minimum absolute atomic E-state index is 0.114. The summed E-state index contributed by atoms with van der Waals surface area (Å²) in [6.07, 6.45) is -2.99. The van der Waals surface area contributed by atoms with Crippen LogP contribution in [0.2, 0.25) is 0 Å². The van der Waals surface area contributed by atoms with E-state index >= 15 is 0 Å². The first kappa shape index (κ1) is 15.8. The number of piperidine rings is 1. The Kier molecular flexibility index (Phi) is 4.85. The fourth-order valence-electron chi connectivity index (χ4n) is 2.59. The molecule has 0 atom stereocenters. The lowest BCUT2D eigenvalue weighted by atomic mass is 9.96. The number of alkyl halides is 3. The Morgan fingerprint density at radius 2 is 1.95 bits per heavy atom. The van der Waals surface area contributed by atoms with Gasteiger partial charge in [0.2, 0.25) is 0 Å². The minimum Gasteiger partial charge on any atom is -0.491 e. The summed E-state index contributed by atoms with van der Waals surface area (Å²) in [6, 6.07) is 5.45. The van der Waals surface area contributed by atoms with Gasteiger partial charge in [-0.2, -0.15) is 13.2 Å². The van der Waals surface area contributed by atoms with E-state index in [1.807, 2.05) is 24.0 Å². The Hall–Kier alpha value is -1.59. The number of nitrogens with two attached hydrogens (primary N) is 1. The van der Waals surface area contributed by atoms with Gasteiger partial charge in [-0.1, -0.05) is 13.0 Å². The molecule has 0 amide bonds.